The van der Waals surface area contributed by atoms with Crippen molar-refractivity contribution in [3.8, 4) is 11.5 Å². The largest absolute Gasteiger partial charge is 0.496 e. The van der Waals surface area contributed by atoms with E-state index in [1.165, 1.54) is 7.11 Å². The van der Waals surface area contributed by atoms with Crippen LogP contribution in [0, 0.1) is 5.82 Å². The normalized spacial score (nSPS) is 12.0. The van der Waals surface area contributed by atoms with Crippen LogP contribution < -0.4 is 15.2 Å². The Hall–Kier alpha value is -2.07. The van der Waals surface area contributed by atoms with Gasteiger partial charge in [-0.25, -0.2) is 4.39 Å². The van der Waals surface area contributed by atoms with Crippen LogP contribution in [0.3, 0.4) is 0 Å². The molecular weight excluding hydrogens is 281 g/mol. The summed E-state index contributed by atoms with van der Waals surface area (Å²) >= 11 is 0. The minimum Gasteiger partial charge on any atom is -0.496 e. The third kappa shape index (κ3) is 3.77. The van der Waals surface area contributed by atoms with Gasteiger partial charge in [0.1, 0.15) is 12.4 Å². The fraction of sp³-hybridized carbons (Fsp3) is 0.333. The van der Waals surface area contributed by atoms with E-state index in [2.05, 4.69) is 0 Å². The molecule has 2 N–H and O–H groups in total. The van der Waals surface area contributed by atoms with Crippen LogP contribution in [0.25, 0.3) is 0 Å². The standard InChI is InChI=1S/C18H22FNO2/c1-13(10-11-20)17-15(21-2)8-9-16(18(17)19)22-12-14-6-4-3-5-7-14/h3-9,13H,10-12,20H2,1-2H3. The van der Waals surface area contributed by atoms with Gasteiger partial charge in [-0.15, -0.1) is 0 Å². The van der Waals surface area contributed by atoms with Crippen molar-refractivity contribution in [1.29, 1.82) is 0 Å². The average Bonchev–Trinajstić information content (AvgIpc) is 2.54. The molecule has 4 heteroatoms. The van der Waals surface area contributed by atoms with E-state index < -0.39 is 0 Å². The van der Waals surface area contributed by atoms with E-state index in [0.717, 1.165) is 5.56 Å². The Bertz CT molecular complexity index is 602. The monoisotopic (exact) mass is 303 g/mol. The van der Waals surface area contributed by atoms with E-state index in [1.807, 2.05) is 37.3 Å². The Balaban J connectivity index is 2.23. The highest BCUT2D eigenvalue weighted by Crippen LogP contribution is 2.36. The number of hydrogen-bond acceptors (Lipinski definition) is 3. The van der Waals surface area contributed by atoms with Crippen molar-refractivity contribution in [2.45, 2.75) is 25.9 Å². The first kappa shape index (κ1) is 16.3. The zero-order valence-electron chi connectivity index (χ0n) is 13.0. The minimum atomic E-state index is -0.365. The predicted octanol–water partition coefficient (Wildman–Crippen LogP) is 3.87. The number of benzene rings is 2. The Morgan fingerprint density at radius 2 is 1.77 bits per heavy atom. The van der Waals surface area contributed by atoms with Gasteiger partial charge in [0, 0.05) is 5.56 Å². The third-order valence-corrected chi connectivity index (χ3v) is 3.65. The van der Waals surface area contributed by atoms with E-state index in [-0.39, 0.29) is 17.5 Å². The molecule has 0 saturated heterocycles. The number of rotatable bonds is 7. The minimum absolute atomic E-state index is 0.0276. The lowest BCUT2D eigenvalue weighted by atomic mass is 9.96. The number of methoxy groups -OCH3 is 1. The molecule has 0 aliphatic heterocycles. The van der Waals surface area contributed by atoms with Gasteiger partial charge in [-0.1, -0.05) is 37.3 Å². The fourth-order valence-electron chi connectivity index (χ4n) is 2.43. The molecule has 0 aliphatic carbocycles. The molecule has 1 unspecified atom stereocenters. The van der Waals surface area contributed by atoms with Crippen LogP contribution in [0.1, 0.15) is 30.4 Å². The number of nitrogens with two attached hydrogens (primary N) is 1. The zero-order valence-corrected chi connectivity index (χ0v) is 13.0. The maximum atomic E-state index is 14.8. The van der Waals surface area contributed by atoms with Gasteiger partial charge in [0.25, 0.3) is 0 Å². The Labute approximate surface area is 130 Å². The van der Waals surface area contributed by atoms with Gasteiger partial charge in [0.15, 0.2) is 11.6 Å². The maximum absolute atomic E-state index is 14.8. The van der Waals surface area contributed by atoms with Crippen molar-refractivity contribution in [3.63, 3.8) is 0 Å². The summed E-state index contributed by atoms with van der Waals surface area (Å²) < 4.78 is 25.7. The van der Waals surface area contributed by atoms with E-state index in [4.69, 9.17) is 15.2 Å². The van der Waals surface area contributed by atoms with Crippen molar-refractivity contribution in [1.82, 2.24) is 0 Å². The molecule has 1 atom stereocenters. The first-order chi connectivity index (χ1) is 10.7. The van der Waals surface area contributed by atoms with Crippen LogP contribution >= 0.6 is 0 Å². The van der Waals surface area contributed by atoms with E-state index in [0.29, 0.717) is 30.9 Å². The van der Waals surface area contributed by atoms with Gasteiger partial charge in [0.2, 0.25) is 0 Å². The summed E-state index contributed by atoms with van der Waals surface area (Å²) in [4.78, 5) is 0. The van der Waals surface area contributed by atoms with E-state index in [1.54, 1.807) is 12.1 Å². The molecule has 2 aromatic carbocycles. The quantitative estimate of drug-likeness (QED) is 0.844. The summed E-state index contributed by atoms with van der Waals surface area (Å²) in [7, 11) is 1.54. The Morgan fingerprint density at radius 1 is 1.09 bits per heavy atom. The number of hydrogen-bond donors (Lipinski definition) is 1. The van der Waals surface area contributed by atoms with Crippen molar-refractivity contribution in [2.24, 2.45) is 5.73 Å². The first-order valence-electron chi connectivity index (χ1n) is 7.40. The summed E-state index contributed by atoms with van der Waals surface area (Å²) in [5.41, 5.74) is 7.11. The summed E-state index contributed by atoms with van der Waals surface area (Å²) in [5, 5.41) is 0. The van der Waals surface area contributed by atoms with Crippen LogP contribution in [0.2, 0.25) is 0 Å². The van der Waals surface area contributed by atoms with Crippen molar-refractivity contribution in [3.05, 3.63) is 59.4 Å². The summed E-state index contributed by atoms with van der Waals surface area (Å²) in [6.45, 7) is 2.77. The highest BCUT2D eigenvalue weighted by atomic mass is 19.1. The molecule has 2 rings (SSSR count). The molecule has 0 heterocycles. The van der Waals surface area contributed by atoms with Crippen LogP contribution in [0.4, 0.5) is 4.39 Å². The van der Waals surface area contributed by atoms with Gasteiger partial charge in [-0.05, 0) is 36.6 Å². The Morgan fingerprint density at radius 3 is 2.41 bits per heavy atom. The predicted molar refractivity (Wildman–Crippen MR) is 85.8 cm³/mol. The van der Waals surface area contributed by atoms with Crippen LogP contribution in [-0.2, 0) is 6.61 Å². The number of ether oxygens (including phenoxy) is 2. The second-order valence-corrected chi connectivity index (χ2v) is 5.25. The second-order valence-electron chi connectivity index (χ2n) is 5.25. The van der Waals surface area contributed by atoms with Crippen LogP contribution in [0.5, 0.6) is 11.5 Å². The molecule has 0 saturated carbocycles. The smallest absolute Gasteiger partial charge is 0.172 e. The summed E-state index contributed by atoms with van der Waals surface area (Å²) in [6, 6.07) is 13.0. The molecule has 0 bridgehead atoms. The van der Waals surface area contributed by atoms with E-state index >= 15 is 0 Å². The lowest BCUT2D eigenvalue weighted by Gasteiger charge is -2.18. The van der Waals surface area contributed by atoms with Crippen molar-refractivity contribution in [2.75, 3.05) is 13.7 Å². The third-order valence-electron chi connectivity index (χ3n) is 3.65. The first-order valence-corrected chi connectivity index (χ1v) is 7.40. The molecule has 22 heavy (non-hydrogen) atoms. The fourth-order valence-corrected chi connectivity index (χ4v) is 2.43. The maximum Gasteiger partial charge on any atom is 0.172 e. The topological polar surface area (TPSA) is 44.5 Å². The van der Waals surface area contributed by atoms with Gasteiger partial charge in [0.05, 0.1) is 7.11 Å². The summed E-state index contributed by atoms with van der Waals surface area (Å²) in [5.74, 6) is 0.380. The molecule has 0 aromatic heterocycles. The van der Waals surface area contributed by atoms with Gasteiger partial charge in [-0.3, -0.25) is 0 Å². The van der Waals surface area contributed by atoms with Gasteiger partial charge in [-0.2, -0.15) is 0 Å². The molecule has 0 radical (unpaired) electrons. The van der Waals surface area contributed by atoms with Crippen LogP contribution in [0.15, 0.2) is 42.5 Å². The summed E-state index contributed by atoms with van der Waals surface area (Å²) in [6.07, 6.45) is 0.690. The van der Waals surface area contributed by atoms with Gasteiger partial charge >= 0.3 is 0 Å². The average molecular weight is 303 g/mol. The van der Waals surface area contributed by atoms with Gasteiger partial charge < -0.3 is 15.2 Å². The highest BCUT2D eigenvalue weighted by Gasteiger charge is 2.20. The Kier molecular flexibility index (Phi) is 5.78. The highest BCUT2D eigenvalue weighted by molar-refractivity contribution is 5.44. The SMILES string of the molecule is COc1ccc(OCc2ccccc2)c(F)c1C(C)CCN. The van der Waals surface area contributed by atoms with Crippen LogP contribution in [-0.4, -0.2) is 13.7 Å². The molecule has 0 spiro atoms. The van der Waals surface area contributed by atoms with E-state index in [9.17, 15) is 4.39 Å². The lowest BCUT2D eigenvalue weighted by Crippen LogP contribution is -2.09. The lowest BCUT2D eigenvalue weighted by molar-refractivity contribution is 0.286. The molecule has 0 aliphatic rings. The molecule has 0 fully saturated rings. The molecule has 3 nitrogen and oxygen atoms in total. The molecular formula is C18H22FNO2. The van der Waals surface area contributed by atoms with Crippen molar-refractivity contribution < 1.29 is 13.9 Å². The zero-order chi connectivity index (χ0) is 15.9. The molecule has 118 valence electrons. The molecule has 2 aromatic rings. The molecule has 0 amide bonds. The second kappa shape index (κ2) is 7.80. The van der Waals surface area contributed by atoms with Crippen molar-refractivity contribution >= 4 is 0 Å². The number of halogens is 1.